The number of aryl methyl sites for hydroxylation is 1. The molecule has 4 unspecified atom stereocenters. The lowest BCUT2D eigenvalue weighted by Gasteiger charge is -2.33. The highest BCUT2D eigenvalue weighted by molar-refractivity contribution is 7.82. The van der Waals surface area contributed by atoms with Crippen LogP contribution in [0.25, 0.3) is 11.1 Å². The van der Waals surface area contributed by atoms with Crippen molar-refractivity contribution in [1.29, 1.82) is 0 Å². The van der Waals surface area contributed by atoms with Crippen LogP contribution in [0.3, 0.4) is 0 Å². The molecule has 0 aliphatic carbocycles. The predicted octanol–water partition coefficient (Wildman–Crippen LogP) is 6.20. The maximum Gasteiger partial charge on any atom is 0.356 e. The molecule has 0 aliphatic heterocycles. The first kappa shape index (κ1) is 31.4. The summed E-state index contributed by atoms with van der Waals surface area (Å²) < 4.78 is 48.3. The zero-order valence-corrected chi connectivity index (χ0v) is 24.8. The minimum atomic E-state index is -4.55. The molecule has 0 radical (unpaired) electrons. The van der Waals surface area contributed by atoms with Crippen LogP contribution in [0.2, 0.25) is 0 Å². The molecule has 0 amide bonds. The van der Waals surface area contributed by atoms with Crippen molar-refractivity contribution in [3.63, 3.8) is 0 Å². The second-order valence-corrected chi connectivity index (χ2v) is 17.3. The molecule has 35 heavy (non-hydrogen) atoms. The number of hydrogen-bond donors (Lipinski definition) is 4. The molecule has 0 aliphatic rings. The molecule has 11 nitrogen and oxygen atoms in total. The number of nitrogens with zero attached hydrogens (tertiary/aromatic N) is 1. The Morgan fingerprint density at radius 1 is 0.743 bits per heavy atom. The van der Waals surface area contributed by atoms with Crippen LogP contribution in [0, 0.1) is 0 Å². The Balaban J connectivity index is 2.42. The summed E-state index contributed by atoms with van der Waals surface area (Å²) in [4.78, 5) is 43.8. The highest BCUT2D eigenvalue weighted by Gasteiger charge is 2.54. The zero-order valence-electron chi connectivity index (χ0n) is 19.5. The van der Waals surface area contributed by atoms with Gasteiger partial charge in [-0.25, -0.2) is 0 Å². The number of rotatable bonds is 14. The quantitative estimate of drug-likeness (QED) is 0.181. The third kappa shape index (κ3) is 10.1. The minimum absolute atomic E-state index is 0.105. The highest BCUT2D eigenvalue weighted by atomic mass is 31.3. The normalized spacial score (nSPS) is 19.7. The van der Waals surface area contributed by atoms with E-state index in [4.69, 9.17) is 17.2 Å². The van der Waals surface area contributed by atoms with E-state index in [9.17, 15) is 28.7 Å². The molecule has 2 rings (SSSR count). The van der Waals surface area contributed by atoms with Crippen molar-refractivity contribution in [3.05, 3.63) is 54.4 Å². The molecule has 1 aromatic heterocycles. The number of aromatic nitrogens is 1. The first-order valence-electron chi connectivity index (χ1n) is 10.0. The van der Waals surface area contributed by atoms with Gasteiger partial charge >= 0.3 is 15.2 Å². The van der Waals surface area contributed by atoms with Crippen LogP contribution in [0.5, 0.6) is 0 Å². The van der Waals surface area contributed by atoms with Crippen LogP contribution in [0.4, 0.5) is 0 Å². The van der Waals surface area contributed by atoms with E-state index in [0.717, 1.165) is 11.1 Å². The summed E-state index contributed by atoms with van der Waals surface area (Å²) in [7, 11) is -18.3. The molecule has 4 N–H and O–H groups in total. The lowest BCUT2D eigenvalue weighted by atomic mass is 10.1. The van der Waals surface area contributed by atoms with Crippen LogP contribution in [-0.4, -0.2) is 56.6 Å². The minimum Gasteiger partial charge on any atom is -0.350 e. The van der Waals surface area contributed by atoms with Crippen molar-refractivity contribution in [2.24, 2.45) is 0 Å². The van der Waals surface area contributed by atoms with Crippen LogP contribution in [0.1, 0.15) is 12.1 Å². The van der Waals surface area contributed by atoms with Gasteiger partial charge in [-0.1, -0.05) is 36.4 Å². The molecule has 0 saturated heterocycles. The SMILES string of the molecule is CP(O)OP(=O)(OP(C)O)C(CCc1ccc(-c2ccccc2)cn1)P(=O)(OP(C)O)OP(C)O. The fourth-order valence-corrected chi connectivity index (χ4v) is 14.6. The molecule has 0 fully saturated rings. The summed E-state index contributed by atoms with van der Waals surface area (Å²) in [6.07, 6.45) is 1.56. The largest absolute Gasteiger partial charge is 0.356 e. The summed E-state index contributed by atoms with van der Waals surface area (Å²) in [6.45, 7) is 4.91. The van der Waals surface area contributed by atoms with E-state index in [1.54, 1.807) is 12.3 Å². The monoisotopic (exact) mass is 605 g/mol. The zero-order chi connectivity index (χ0) is 26.2. The van der Waals surface area contributed by atoms with E-state index in [1.165, 1.54) is 26.7 Å². The van der Waals surface area contributed by atoms with Gasteiger partial charge in [0.05, 0.1) is 0 Å². The van der Waals surface area contributed by atoms with E-state index in [2.05, 4.69) is 4.98 Å². The van der Waals surface area contributed by atoms with Gasteiger partial charge in [0.2, 0.25) is 0 Å². The molecule has 17 heteroatoms. The van der Waals surface area contributed by atoms with Gasteiger partial charge in [0.15, 0.2) is 38.9 Å². The van der Waals surface area contributed by atoms with Crippen molar-refractivity contribution in [2.75, 3.05) is 26.7 Å². The summed E-state index contributed by atoms with van der Waals surface area (Å²) in [5.41, 5.74) is 2.39. The second kappa shape index (κ2) is 14.4. The molecule has 0 spiro atoms. The second-order valence-electron chi connectivity index (χ2n) is 7.19. The molecule has 4 atom stereocenters. The summed E-state index contributed by atoms with van der Waals surface area (Å²) >= 11 is 0. The Morgan fingerprint density at radius 3 is 1.57 bits per heavy atom. The molecular formula is C18H29NO10P6. The summed E-state index contributed by atoms with van der Waals surface area (Å²) in [6, 6.07) is 13.2. The van der Waals surface area contributed by atoms with E-state index >= 15 is 0 Å². The van der Waals surface area contributed by atoms with Crippen LogP contribution in [0.15, 0.2) is 48.7 Å². The average molecular weight is 605 g/mol. The van der Waals surface area contributed by atoms with Crippen molar-refractivity contribution in [2.45, 2.75) is 18.2 Å². The van der Waals surface area contributed by atoms with Gasteiger partial charge < -0.3 is 19.6 Å². The Kier molecular flexibility index (Phi) is 12.9. The number of hydrogen-bond acceptors (Lipinski definition) is 11. The fourth-order valence-electron chi connectivity index (χ4n) is 3.05. The third-order valence-electron chi connectivity index (χ3n) is 4.25. The van der Waals surface area contributed by atoms with E-state index in [-0.39, 0.29) is 12.8 Å². The van der Waals surface area contributed by atoms with Crippen molar-refractivity contribution < 1.29 is 45.9 Å². The van der Waals surface area contributed by atoms with Crippen LogP contribution in [-0.2, 0) is 32.8 Å². The smallest absolute Gasteiger partial charge is 0.350 e. The first-order chi connectivity index (χ1) is 16.3. The van der Waals surface area contributed by atoms with Crippen molar-refractivity contribution in [1.82, 2.24) is 4.98 Å². The molecule has 1 aromatic carbocycles. The molecule has 2 aromatic rings. The number of benzene rings is 1. The third-order valence-corrected chi connectivity index (χ3v) is 15.3. The number of pyridine rings is 1. The molecule has 0 saturated carbocycles. The van der Waals surface area contributed by atoms with Crippen LogP contribution < -0.4 is 0 Å². The Labute approximate surface area is 210 Å². The molecular weight excluding hydrogens is 576 g/mol. The Bertz CT molecular complexity index is 943. The summed E-state index contributed by atoms with van der Waals surface area (Å²) in [5.74, 6) is 0. The Hall–Kier alpha value is 0.230. The first-order valence-corrected chi connectivity index (χ1v) is 19.9. The molecule has 1 heterocycles. The van der Waals surface area contributed by atoms with Gasteiger partial charge in [-0.15, -0.1) is 0 Å². The van der Waals surface area contributed by atoms with Gasteiger partial charge in [-0.05, 0) is 24.5 Å². The summed E-state index contributed by atoms with van der Waals surface area (Å²) in [5, 5.41) is -1.67. The average Bonchev–Trinajstić information content (AvgIpc) is 2.72. The molecule has 0 bridgehead atoms. The van der Waals surface area contributed by atoms with E-state index in [1.807, 2.05) is 36.4 Å². The standard InChI is InChI=1S/C18H29NO10P6/c1-30(20)26-34(24,27-31(2)21)18(35(25,28-32(3)22)29-33(4)23)13-12-17-11-10-16(14-19-17)15-8-6-5-7-9-15/h5-11,14,18,20-23H,12-13H2,1-4H3. The topological polar surface area (TPSA) is 165 Å². The fraction of sp³-hybridized carbons (Fsp3) is 0.389. The lowest BCUT2D eigenvalue weighted by molar-refractivity contribution is 0.347. The van der Waals surface area contributed by atoms with E-state index < -0.39 is 54.1 Å². The molecule has 196 valence electrons. The maximum atomic E-state index is 13.8. The Morgan fingerprint density at radius 2 is 1.20 bits per heavy atom. The van der Waals surface area contributed by atoms with Gasteiger partial charge in [0, 0.05) is 44.1 Å². The van der Waals surface area contributed by atoms with Crippen LogP contribution >= 0.6 is 48.7 Å². The van der Waals surface area contributed by atoms with Gasteiger partial charge in [-0.2, -0.15) is 0 Å². The van der Waals surface area contributed by atoms with Gasteiger partial charge in [0.1, 0.15) is 0 Å². The maximum absolute atomic E-state index is 13.8. The predicted molar refractivity (Wildman–Crippen MR) is 142 cm³/mol. The van der Waals surface area contributed by atoms with Crippen molar-refractivity contribution in [3.8, 4) is 11.1 Å². The van der Waals surface area contributed by atoms with Gasteiger partial charge in [0.25, 0.3) is 0 Å². The van der Waals surface area contributed by atoms with E-state index in [0.29, 0.717) is 5.69 Å². The highest BCUT2D eigenvalue weighted by Crippen LogP contribution is 2.80. The van der Waals surface area contributed by atoms with Gasteiger partial charge in [-0.3, -0.25) is 31.4 Å². The van der Waals surface area contributed by atoms with Crippen molar-refractivity contribution >= 4 is 48.7 Å². The lowest BCUT2D eigenvalue weighted by Crippen LogP contribution is -2.15.